The zero-order valence-electron chi connectivity index (χ0n) is 10.3. The lowest BCUT2D eigenvalue weighted by atomic mass is 10.3. The van der Waals surface area contributed by atoms with E-state index in [1.807, 2.05) is 15.9 Å². The lowest BCUT2D eigenvalue weighted by Crippen LogP contribution is -2.54. The van der Waals surface area contributed by atoms with Gasteiger partial charge in [0.1, 0.15) is 0 Å². The quantitative estimate of drug-likeness (QED) is 0.648. The van der Waals surface area contributed by atoms with Crippen molar-refractivity contribution in [2.45, 2.75) is 0 Å². The van der Waals surface area contributed by atoms with Crippen molar-refractivity contribution in [1.29, 1.82) is 0 Å². The van der Waals surface area contributed by atoms with E-state index in [4.69, 9.17) is 4.74 Å². The second kappa shape index (κ2) is 6.02. The summed E-state index contributed by atoms with van der Waals surface area (Å²) in [6, 6.07) is 0.173. The number of rotatable bonds is 2. The molecule has 0 unspecified atom stereocenters. The fraction of sp³-hybridized carbons (Fsp3) is 0.750. The molecule has 2 saturated heterocycles. The van der Waals surface area contributed by atoms with Gasteiger partial charge in [0.05, 0.1) is 13.2 Å². The minimum absolute atomic E-state index is 0.173. The van der Waals surface area contributed by atoms with E-state index < -0.39 is 0 Å². The zero-order chi connectivity index (χ0) is 12.1. The average molecular weight is 239 g/mol. The molecule has 2 rings (SSSR count). The van der Waals surface area contributed by atoms with Crippen LogP contribution >= 0.6 is 0 Å². The van der Waals surface area contributed by atoms with Gasteiger partial charge in [0.15, 0.2) is 0 Å². The maximum Gasteiger partial charge on any atom is 0.320 e. The molecule has 0 aliphatic carbocycles. The Morgan fingerprint density at radius 3 is 2.24 bits per heavy atom. The Bertz CT molecular complexity index is 269. The predicted molar refractivity (Wildman–Crippen MR) is 66.0 cm³/mol. The smallest absolute Gasteiger partial charge is 0.320 e. The zero-order valence-corrected chi connectivity index (χ0v) is 10.3. The number of piperazine rings is 1. The van der Waals surface area contributed by atoms with Gasteiger partial charge in [-0.05, 0) is 0 Å². The molecule has 2 fully saturated rings. The second-order valence-corrected chi connectivity index (χ2v) is 4.46. The highest BCUT2D eigenvalue weighted by Crippen LogP contribution is 2.07. The van der Waals surface area contributed by atoms with Crippen LogP contribution in [0.4, 0.5) is 4.79 Å². The van der Waals surface area contributed by atoms with Crippen molar-refractivity contribution in [1.82, 2.24) is 14.7 Å². The van der Waals surface area contributed by atoms with Crippen molar-refractivity contribution < 1.29 is 9.53 Å². The predicted octanol–water partition coefficient (Wildman–Crippen LogP) is 0.242. The van der Waals surface area contributed by atoms with Crippen molar-refractivity contribution in [3.05, 3.63) is 12.7 Å². The third kappa shape index (κ3) is 3.20. The van der Waals surface area contributed by atoms with Crippen molar-refractivity contribution in [2.24, 2.45) is 0 Å². The summed E-state index contributed by atoms with van der Waals surface area (Å²) in [6.45, 7) is 11.0. The van der Waals surface area contributed by atoms with Crippen molar-refractivity contribution in [3.63, 3.8) is 0 Å². The number of nitrogens with zero attached hydrogens (tertiary/aromatic N) is 3. The molecule has 0 bridgehead atoms. The first-order chi connectivity index (χ1) is 8.31. The van der Waals surface area contributed by atoms with Crippen molar-refractivity contribution in [3.8, 4) is 0 Å². The monoisotopic (exact) mass is 239 g/mol. The van der Waals surface area contributed by atoms with Crippen LogP contribution in [0.2, 0.25) is 0 Å². The fourth-order valence-electron chi connectivity index (χ4n) is 2.26. The van der Waals surface area contributed by atoms with Crippen LogP contribution in [-0.4, -0.2) is 79.8 Å². The maximum absolute atomic E-state index is 12.2. The third-order valence-electron chi connectivity index (χ3n) is 3.31. The molecule has 0 spiro atoms. The van der Waals surface area contributed by atoms with E-state index in [0.717, 1.165) is 45.8 Å². The minimum Gasteiger partial charge on any atom is -0.378 e. The largest absolute Gasteiger partial charge is 0.378 e. The van der Waals surface area contributed by atoms with Crippen LogP contribution in [0, 0.1) is 0 Å². The standard InChI is InChI=1S/C12H21N3O2/c1-2-3-13-4-6-14(7-5-13)12(16)15-8-10-17-11-9-15/h2H,1,3-11H2. The summed E-state index contributed by atoms with van der Waals surface area (Å²) >= 11 is 0. The number of hydrogen-bond acceptors (Lipinski definition) is 3. The molecule has 0 N–H and O–H groups in total. The molecule has 2 aliphatic rings. The van der Waals surface area contributed by atoms with E-state index in [1.54, 1.807) is 0 Å². The van der Waals surface area contributed by atoms with Gasteiger partial charge in [-0.1, -0.05) is 6.08 Å². The Labute approximate surface area is 103 Å². The molecule has 0 radical (unpaired) electrons. The molecular weight excluding hydrogens is 218 g/mol. The van der Waals surface area contributed by atoms with Gasteiger partial charge in [-0.2, -0.15) is 0 Å². The molecule has 0 aromatic carbocycles. The van der Waals surface area contributed by atoms with Gasteiger partial charge < -0.3 is 14.5 Å². The van der Waals surface area contributed by atoms with E-state index in [-0.39, 0.29) is 6.03 Å². The van der Waals surface area contributed by atoms with E-state index in [1.165, 1.54) is 0 Å². The highest BCUT2D eigenvalue weighted by Gasteiger charge is 2.25. The van der Waals surface area contributed by atoms with Crippen LogP contribution in [0.5, 0.6) is 0 Å². The molecule has 2 aliphatic heterocycles. The van der Waals surface area contributed by atoms with Crippen LogP contribution in [-0.2, 0) is 4.74 Å². The Morgan fingerprint density at radius 2 is 1.65 bits per heavy atom. The maximum atomic E-state index is 12.2. The number of carbonyl (C=O) groups excluding carboxylic acids is 1. The summed E-state index contributed by atoms with van der Waals surface area (Å²) in [5.74, 6) is 0. The number of urea groups is 1. The van der Waals surface area contributed by atoms with Gasteiger partial charge in [-0.25, -0.2) is 4.79 Å². The second-order valence-electron chi connectivity index (χ2n) is 4.46. The third-order valence-corrected chi connectivity index (χ3v) is 3.31. The van der Waals surface area contributed by atoms with E-state index in [2.05, 4.69) is 11.5 Å². The molecule has 0 saturated carbocycles. The highest BCUT2D eigenvalue weighted by atomic mass is 16.5. The molecule has 96 valence electrons. The van der Waals surface area contributed by atoms with Gasteiger partial charge in [-0.15, -0.1) is 6.58 Å². The number of amides is 2. The summed E-state index contributed by atoms with van der Waals surface area (Å²) in [4.78, 5) is 18.3. The molecule has 2 heterocycles. The normalized spacial score (nSPS) is 22.6. The van der Waals surface area contributed by atoms with Gasteiger partial charge in [0.2, 0.25) is 0 Å². The van der Waals surface area contributed by atoms with Crippen LogP contribution in [0.3, 0.4) is 0 Å². The van der Waals surface area contributed by atoms with Gasteiger partial charge >= 0.3 is 6.03 Å². The number of morpholine rings is 1. The highest BCUT2D eigenvalue weighted by molar-refractivity contribution is 5.74. The van der Waals surface area contributed by atoms with E-state index in [9.17, 15) is 4.79 Å². The molecule has 5 nitrogen and oxygen atoms in total. The van der Waals surface area contributed by atoms with Gasteiger partial charge in [0.25, 0.3) is 0 Å². The molecule has 0 aromatic heterocycles. The molecule has 0 atom stereocenters. The SMILES string of the molecule is C=CCN1CCN(C(=O)N2CCOCC2)CC1. The lowest BCUT2D eigenvalue weighted by Gasteiger charge is -2.38. The first-order valence-corrected chi connectivity index (χ1v) is 6.26. The van der Waals surface area contributed by atoms with Crippen LogP contribution in [0.1, 0.15) is 0 Å². The summed E-state index contributed by atoms with van der Waals surface area (Å²) in [5, 5.41) is 0. The Kier molecular flexibility index (Phi) is 4.39. The number of hydrogen-bond donors (Lipinski definition) is 0. The van der Waals surface area contributed by atoms with Gasteiger partial charge in [-0.3, -0.25) is 4.90 Å². The first-order valence-electron chi connectivity index (χ1n) is 6.26. The average Bonchev–Trinajstić information content (AvgIpc) is 2.40. The Morgan fingerprint density at radius 1 is 1.06 bits per heavy atom. The molecule has 2 amide bonds. The molecule has 17 heavy (non-hydrogen) atoms. The fourth-order valence-corrected chi connectivity index (χ4v) is 2.26. The van der Waals surface area contributed by atoms with Crippen molar-refractivity contribution in [2.75, 3.05) is 59.0 Å². The summed E-state index contributed by atoms with van der Waals surface area (Å²) < 4.78 is 5.25. The number of ether oxygens (including phenoxy) is 1. The molecule has 5 heteroatoms. The van der Waals surface area contributed by atoms with Crippen molar-refractivity contribution >= 4 is 6.03 Å². The van der Waals surface area contributed by atoms with E-state index >= 15 is 0 Å². The van der Waals surface area contributed by atoms with Crippen LogP contribution in [0.25, 0.3) is 0 Å². The molecular formula is C12H21N3O2. The number of carbonyl (C=O) groups is 1. The molecule has 0 aromatic rings. The summed E-state index contributed by atoms with van der Waals surface area (Å²) in [5.41, 5.74) is 0. The van der Waals surface area contributed by atoms with Gasteiger partial charge in [0, 0.05) is 45.8 Å². The summed E-state index contributed by atoms with van der Waals surface area (Å²) in [6.07, 6.45) is 1.92. The lowest BCUT2D eigenvalue weighted by molar-refractivity contribution is 0.0383. The Hall–Kier alpha value is -1.07. The van der Waals surface area contributed by atoms with Crippen LogP contribution < -0.4 is 0 Å². The summed E-state index contributed by atoms with van der Waals surface area (Å²) in [7, 11) is 0. The Balaban J connectivity index is 1.79. The van der Waals surface area contributed by atoms with E-state index in [0.29, 0.717) is 13.2 Å². The topological polar surface area (TPSA) is 36.0 Å². The first kappa shape index (κ1) is 12.4. The minimum atomic E-state index is 0.173. The van der Waals surface area contributed by atoms with Crippen LogP contribution in [0.15, 0.2) is 12.7 Å².